The molecular formula is C20H26N4O5. The maximum absolute atomic E-state index is 10.7. The minimum atomic E-state index is -1.02. The Morgan fingerprint density at radius 1 is 1.21 bits per heavy atom. The Morgan fingerprint density at radius 2 is 1.93 bits per heavy atom. The molecule has 29 heavy (non-hydrogen) atoms. The molecule has 2 unspecified atom stereocenters. The Balaban J connectivity index is 1.59. The van der Waals surface area contributed by atoms with Gasteiger partial charge in [-0.05, 0) is 30.9 Å². The van der Waals surface area contributed by atoms with Gasteiger partial charge in [0.05, 0.1) is 24.5 Å². The van der Waals surface area contributed by atoms with Gasteiger partial charge in [-0.1, -0.05) is 18.2 Å². The summed E-state index contributed by atoms with van der Waals surface area (Å²) >= 11 is 0. The van der Waals surface area contributed by atoms with E-state index in [4.69, 9.17) is 10.5 Å². The number of aliphatic hydroxyl groups is 2. The van der Waals surface area contributed by atoms with Crippen LogP contribution in [-0.4, -0.2) is 51.1 Å². The first-order valence-electron chi connectivity index (χ1n) is 9.58. The Hall–Kier alpha value is -2.91. The minimum absolute atomic E-state index is 0.000553. The molecule has 9 heteroatoms. The highest BCUT2D eigenvalue weighted by Crippen LogP contribution is 2.31. The SMILES string of the molecule is NC(=O)OCC1CCN(c2nccc(C(O)CC(O)c3ccccc3O)n2)CC1. The number of piperidine rings is 1. The molecule has 1 aromatic heterocycles. The van der Waals surface area contributed by atoms with Crippen molar-refractivity contribution < 1.29 is 24.9 Å². The molecule has 5 N–H and O–H groups in total. The van der Waals surface area contributed by atoms with E-state index >= 15 is 0 Å². The molecule has 0 saturated carbocycles. The number of primary amides is 1. The number of rotatable bonds is 7. The fourth-order valence-electron chi connectivity index (χ4n) is 3.43. The first-order chi connectivity index (χ1) is 13.9. The molecule has 9 nitrogen and oxygen atoms in total. The number of amides is 1. The third kappa shape index (κ3) is 5.55. The number of para-hydroxylation sites is 1. The lowest BCUT2D eigenvalue weighted by Gasteiger charge is -2.31. The van der Waals surface area contributed by atoms with Gasteiger partial charge < -0.3 is 30.7 Å². The fraction of sp³-hybridized carbons (Fsp3) is 0.450. The summed E-state index contributed by atoms with van der Waals surface area (Å²) in [7, 11) is 0. The van der Waals surface area contributed by atoms with Crippen LogP contribution in [0.3, 0.4) is 0 Å². The molecule has 0 bridgehead atoms. The smallest absolute Gasteiger partial charge is 0.404 e. The van der Waals surface area contributed by atoms with Gasteiger partial charge in [0, 0.05) is 31.3 Å². The molecular weight excluding hydrogens is 376 g/mol. The van der Waals surface area contributed by atoms with E-state index in [0.717, 1.165) is 12.8 Å². The zero-order valence-corrected chi connectivity index (χ0v) is 16.0. The summed E-state index contributed by atoms with van der Waals surface area (Å²) in [6, 6.07) is 8.10. The van der Waals surface area contributed by atoms with Crippen molar-refractivity contribution in [3.05, 3.63) is 47.8 Å². The maximum Gasteiger partial charge on any atom is 0.404 e. The highest BCUT2D eigenvalue weighted by atomic mass is 16.5. The van der Waals surface area contributed by atoms with E-state index in [2.05, 4.69) is 9.97 Å². The maximum atomic E-state index is 10.7. The van der Waals surface area contributed by atoms with Crippen LogP contribution in [0.25, 0.3) is 0 Å². The van der Waals surface area contributed by atoms with Gasteiger partial charge in [-0.3, -0.25) is 0 Å². The standard InChI is InChI=1S/C20H26N4O5/c21-19(28)29-12-13-6-9-24(10-7-13)20-22-8-5-15(23-20)18(27)11-17(26)14-3-1-2-4-16(14)25/h1-5,8,13,17-18,25-27H,6-7,9-12H2,(H2,21,28). The van der Waals surface area contributed by atoms with E-state index in [0.29, 0.717) is 36.9 Å². The second-order valence-corrected chi connectivity index (χ2v) is 7.17. The summed E-state index contributed by atoms with van der Waals surface area (Å²) in [5.74, 6) is 0.743. The zero-order chi connectivity index (χ0) is 20.8. The highest BCUT2D eigenvalue weighted by molar-refractivity contribution is 5.64. The topological polar surface area (TPSA) is 142 Å². The molecule has 1 amide bonds. The van der Waals surface area contributed by atoms with Crippen LogP contribution in [0.1, 0.15) is 42.7 Å². The van der Waals surface area contributed by atoms with E-state index in [1.54, 1.807) is 30.5 Å². The number of hydrogen-bond donors (Lipinski definition) is 4. The van der Waals surface area contributed by atoms with Crippen LogP contribution < -0.4 is 10.6 Å². The van der Waals surface area contributed by atoms with Crippen LogP contribution in [0.4, 0.5) is 10.7 Å². The van der Waals surface area contributed by atoms with Crippen molar-refractivity contribution in [2.45, 2.75) is 31.5 Å². The summed E-state index contributed by atoms with van der Waals surface area (Å²) in [4.78, 5) is 21.5. The van der Waals surface area contributed by atoms with Gasteiger partial charge in [-0.2, -0.15) is 0 Å². The molecule has 1 fully saturated rings. The van der Waals surface area contributed by atoms with E-state index in [-0.39, 0.29) is 18.1 Å². The van der Waals surface area contributed by atoms with Crippen LogP contribution in [0.5, 0.6) is 5.75 Å². The molecule has 1 aliphatic rings. The monoisotopic (exact) mass is 402 g/mol. The molecule has 1 aliphatic heterocycles. The third-order valence-electron chi connectivity index (χ3n) is 5.11. The average Bonchev–Trinajstić information content (AvgIpc) is 2.73. The van der Waals surface area contributed by atoms with Gasteiger partial charge in [-0.25, -0.2) is 14.8 Å². The van der Waals surface area contributed by atoms with Crippen LogP contribution in [-0.2, 0) is 4.74 Å². The highest BCUT2D eigenvalue weighted by Gasteiger charge is 2.24. The number of benzene rings is 1. The molecule has 1 saturated heterocycles. The van der Waals surface area contributed by atoms with Crippen molar-refractivity contribution in [2.24, 2.45) is 11.7 Å². The number of anilines is 1. The molecule has 0 spiro atoms. The number of phenols is 1. The lowest BCUT2D eigenvalue weighted by Crippen LogP contribution is -2.36. The van der Waals surface area contributed by atoms with Gasteiger partial charge in [0.1, 0.15) is 5.75 Å². The van der Waals surface area contributed by atoms with Crippen LogP contribution in [0.2, 0.25) is 0 Å². The first kappa shape index (κ1) is 20.8. The number of aliphatic hydroxyl groups excluding tert-OH is 2. The van der Waals surface area contributed by atoms with Gasteiger partial charge in [0.2, 0.25) is 5.95 Å². The number of nitrogens with zero attached hydrogens (tertiary/aromatic N) is 3. The van der Waals surface area contributed by atoms with Crippen LogP contribution in [0, 0.1) is 5.92 Å². The molecule has 0 aliphatic carbocycles. The number of carbonyl (C=O) groups is 1. The van der Waals surface area contributed by atoms with Crippen molar-refractivity contribution in [3.8, 4) is 5.75 Å². The van der Waals surface area contributed by atoms with Crippen LogP contribution >= 0.6 is 0 Å². The average molecular weight is 402 g/mol. The molecule has 2 atom stereocenters. The van der Waals surface area contributed by atoms with Crippen molar-refractivity contribution in [1.29, 1.82) is 0 Å². The predicted molar refractivity (Wildman–Crippen MR) is 105 cm³/mol. The second-order valence-electron chi connectivity index (χ2n) is 7.17. The second kappa shape index (κ2) is 9.53. The number of nitrogens with two attached hydrogens (primary N) is 1. The van der Waals surface area contributed by atoms with Crippen LogP contribution in [0.15, 0.2) is 36.5 Å². The minimum Gasteiger partial charge on any atom is -0.508 e. The Kier molecular flexibility index (Phi) is 6.84. The molecule has 2 aromatic rings. The van der Waals surface area contributed by atoms with E-state index in [1.165, 1.54) is 6.07 Å². The summed E-state index contributed by atoms with van der Waals surface area (Å²) in [5.41, 5.74) is 5.77. The van der Waals surface area contributed by atoms with Gasteiger partial charge in [0.15, 0.2) is 0 Å². The number of hydrogen-bond acceptors (Lipinski definition) is 8. The summed E-state index contributed by atoms with van der Waals surface area (Å²) < 4.78 is 4.87. The lowest BCUT2D eigenvalue weighted by molar-refractivity contribution is 0.0766. The first-order valence-corrected chi connectivity index (χ1v) is 9.58. The number of aromatic nitrogens is 2. The normalized spacial score (nSPS) is 17.0. The zero-order valence-electron chi connectivity index (χ0n) is 16.0. The van der Waals surface area contributed by atoms with Crippen molar-refractivity contribution in [1.82, 2.24) is 9.97 Å². The van der Waals surface area contributed by atoms with Gasteiger partial charge >= 0.3 is 6.09 Å². The Morgan fingerprint density at radius 3 is 2.62 bits per heavy atom. The Labute approximate surface area is 168 Å². The van der Waals surface area contributed by atoms with Crippen molar-refractivity contribution >= 4 is 12.0 Å². The number of aromatic hydroxyl groups is 1. The largest absolute Gasteiger partial charge is 0.508 e. The molecule has 0 radical (unpaired) electrons. The number of carbonyl (C=O) groups excluding carboxylic acids is 1. The molecule has 1 aromatic carbocycles. The molecule has 2 heterocycles. The van der Waals surface area contributed by atoms with E-state index in [1.807, 2.05) is 4.90 Å². The molecule has 3 rings (SSSR count). The number of ether oxygens (including phenoxy) is 1. The third-order valence-corrected chi connectivity index (χ3v) is 5.11. The quantitative estimate of drug-likeness (QED) is 0.548. The van der Waals surface area contributed by atoms with E-state index in [9.17, 15) is 20.1 Å². The summed E-state index contributed by atoms with van der Waals surface area (Å²) in [6.45, 7) is 1.71. The summed E-state index contributed by atoms with van der Waals surface area (Å²) in [5, 5.41) is 30.7. The fourth-order valence-corrected chi connectivity index (χ4v) is 3.43. The van der Waals surface area contributed by atoms with Gasteiger partial charge in [-0.15, -0.1) is 0 Å². The summed E-state index contributed by atoms with van der Waals surface area (Å²) in [6.07, 6.45) is 0.419. The molecule has 156 valence electrons. The lowest BCUT2D eigenvalue weighted by atomic mass is 9.98. The van der Waals surface area contributed by atoms with E-state index < -0.39 is 18.3 Å². The predicted octanol–water partition coefficient (Wildman–Crippen LogP) is 1.65. The van der Waals surface area contributed by atoms with Gasteiger partial charge in [0.25, 0.3) is 0 Å². The Bertz CT molecular complexity index is 826. The van der Waals surface area contributed by atoms with Crippen molar-refractivity contribution in [2.75, 3.05) is 24.6 Å². The van der Waals surface area contributed by atoms with Crippen molar-refractivity contribution in [3.63, 3.8) is 0 Å². The number of phenolic OH excluding ortho intramolecular Hbond substituents is 1.